The van der Waals surface area contributed by atoms with Gasteiger partial charge in [-0.05, 0) is 24.5 Å². The number of benzene rings is 1. The molecule has 0 spiro atoms. The average molecular weight is 400 g/mol. The summed E-state index contributed by atoms with van der Waals surface area (Å²) in [4.78, 5) is 12.2. The Morgan fingerprint density at radius 2 is 2.20 bits per heavy atom. The molecule has 0 bridgehead atoms. The highest BCUT2D eigenvalue weighted by atomic mass is 35.5. The molecule has 1 atom stereocenters. The Labute approximate surface area is 155 Å². The first-order valence-electron chi connectivity index (χ1n) is 7.84. The number of halogens is 1. The second kappa shape index (κ2) is 7.47. The molecule has 1 aliphatic rings. The summed E-state index contributed by atoms with van der Waals surface area (Å²) >= 11 is 7.22. The minimum Gasteiger partial charge on any atom is -0.309 e. The predicted octanol–water partition coefficient (Wildman–Crippen LogP) is 2.42. The fourth-order valence-electron chi connectivity index (χ4n) is 2.82. The maximum Gasteiger partial charge on any atom is 0.191 e. The third-order valence-corrected chi connectivity index (χ3v) is 7.29. The molecule has 1 saturated heterocycles. The van der Waals surface area contributed by atoms with Crippen LogP contribution in [0.25, 0.3) is 0 Å². The number of hydrogen-bond donors (Lipinski definition) is 0. The van der Waals surface area contributed by atoms with Gasteiger partial charge in [-0.2, -0.15) is 0 Å². The van der Waals surface area contributed by atoms with Crippen molar-refractivity contribution in [2.75, 3.05) is 17.3 Å². The Balaban J connectivity index is 1.61. The molecule has 134 valence electrons. The summed E-state index contributed by atoms with van der Waals surface area (Å²) in [6.45, 7) is 0. The fraction of sp³-hybridized carbons (Fsp3) is 0.438. The van der Waals surface area contributed by atoms with Gasteiger partial charge >= 0.3 is 0 Å². The first-order valence-corrected chi connectivity index (χ1v) is 11.0. The first kappa shape index (κ1) is 18.4. The number of rotatable bonds is 6. The van der Waals surface area contributed by atoms with Crippen molar-refractivity contribution in [2.24, 2.45) is 13.0 Å². The quantitative estimate of drug-likeness (QED) is 0.548. The van der Waals surface area contributed by atoms with Gasteiger partial charge in [0, 0.05) is 24.1 Å². The highest BCUT2D eigenvalue weighted by Crippen LogP contribution is 2.24. The van der Waals surface area contributed by atoms with Gasteiger partial charge in [0.2, 0.25) is 0 Å². The lowest BCUT2D eigenvalue weighted by Crippen LogP contribution is -2.11. The highest BCUT2D eigenvalue weighted by molar-refractivity contribution is 7.99. The molecule has 25 heavy (non-hydrogen) atoms. The normalized spacial score (nSPS) is 19.2. The van der Waals surface area contributed by atoms with E-state index in [2.05, 4.69) is 10.2 Å². The van der Waals surface area contributed by atoms with Gasteiger partial charge in [0.15, 0.2) is 20.8 Å². The molecule has 9 heteroatoms. The van der Waals surface area contributed by atoms with Crippen LogP contribution in [0, 0.1) is 5.92 Å². The maximum atomic E-state index is 12.2. The van der Waals surface area contributed by atoms with Crippen LogP contribution in [0.15, 0.2) is 29.4 Å². The number of nitrogens with zero attached hydrogens (tertiary/aromatic N) is 3. The lowest BCUT2D eigenvalue weighted by molar-refractivity contribution is 0.102. The van der Waals surface area contributed by atoms with Crippen LogP contribution < -0.4 is 0 Å². The summed E-state index contributed by atoms with van der Waals surface area (Å²) in [7, 11) is -1.06. The van der Waals surface area contributed by atoms with Crippen molar-refractivity contribution in [1.29, 1.82) is 0 Å². The van der Waals surface area contributed by atoms with E-state index in [0.29, 0.717) is 28.6 Å². The molecule has 0 N–H and O–H groups in total. The van der Waals surface area contributed by atoms with Crippen LogP contribution in [0.1, 0.15) is 22.6 Å². The van der Waals surface area contributed by atoms with Crippen LogP contribution in [-0.2, 0) is 23.3 Å². The van der Waals surface area contributed by atoms with Crippen molar-refractivity contribution >= 4 is 39.0 Å². The molecule has 0 aliphatic carbocycles. The molecule has 0 radical (unpaired) electrons. The Morgan fingerprint density at radius 3 is 2.88 bits per heavy atom. The zero-order chi connectivity index (χ0) is 18.0. The van der Waals surface area contributed by atoms with Gasteiger partial charge in [0.05, 0.1) is 17.3 Å². The molecule has 1 aromatic carbocycles. The van der Waals surface area contributed by atoms with Crippen molar-refractivity contribution in [1.82, 2.24) is 14.8 Å². The molecule has 6 nitrogen and oxygen atoms in total. The molecule has 1 fully saturated rings. The summed E-state index contributed by atoms with van der Waals surface area (Å²) in [5, 5.41) is 9.46. The second-order valence-electron chi connectivity index (χ2n) is 6.15. The summed E-state index contributed by atoms with van der Waals surface area (Å²) in [6, 6.07) is 6.85. The summed E-state index contributed by atoms with van der Waals surface area (Å²) < 4.78 is 25.0. The molecule has 1 aromatic heterocycles. The monoisotopic (exact) mass is 399 g/mol. The fourth-order valence-corrected chi connectivity index (χ4v) is 5.69. The van der Waals surface area contributed by atoms with Gasteiger partial charge in [-0.25, -0.2) is 8.42 Å². The molecule has 0 unspecified atom stereocenters. The predicted molar refractivity (Wildman–Crippen MR) is 98.0 cm³/mol. The number of hydrogen-bond acceptors (Lipinski definition) is 6. The number of thioether (sulfide) groups is 1. The van der Waals surface area contributed by atoms with E-state index in [1.165, 1.54) is 11.8 Å². The van der Waals surface area contributed by atoms with Crippen molar-refractivity contribution in [2.45, 2.75) is 18.0 Å². The number of sulfone groups is 1. The van der Waals surface area contributed by atoms with Gasteiger partial charge < -0.3 is 4.57 Å². The molecule has 0 amide bonds. The third-order valence-electron chi connectivity index (χ3n) is 4.20. The standard InChI is InChI=1S/C16H18ClN3O3S2/c1-20-15(7-11-5-6-25(22,23)10-11)18-19-16(20)24-9-14(21)12-3-2-4-13(17)8-12/h2-4,8,11H,5-7,9-10H2,1H3/t11-/m0/s1. The van der Waals surface area contributed by atoms with Crippen LogP contribution in [0.5, 0.6) is 0 Å². The minimum absolute atomic E-state index is 0.0288. The molecule has 2 aromatic rings. The van der Waals surface area contributed by atoms with E-state index in [-0.39, 0.29) is 29.0 Å². The number of ketones is 1. The zero-order valence-corrected chi connectivity index (χ0v) is 16.1. The topological polar surface area (TPSA) is 81.9 Å². The van der Waals surface area contributed by atoms with E-state index in [4.69, 9.17) is 11.6 Å². The van der Waals surface area contributed by atoms with E-state index < -0.39 is 9.84 Å². The molecule has 3 rings (SSSR count). The summed E-state index contributed by atoms with van der Waals surface area (Å²) in [6.07, 6.45) is 1.26. The minimum atomic E-state index is -2.90. The van der Waals surface area contributed by atoms with Gasteiger partial charge in [0.25, 0.3) is 0 Å². The van der Waals surface area contributed by atoms with Gasteiger partial charge in [-0.1, -0.05) is 35.5 Å². The van der Waals surface area contributed by atoms with Crippen molar-refractivity contribution in [3.8, 4) is 0 Å². The molecular weight excluding hydrogens is 382 g/mol. The lowest BCUT2D eigenvalue weighted by atomic mass is 10.1. The number of aromatic nitrogens is 3. The third kappa shape index (κ3) is 4.62. The largest absolute Gasteiger partial charge is 0.309 e. The van der Waals surface area contributed by atoms with Crippen LogP contribution in [0.4, 0.5) is 0 Å². The maximum absolute atomic E-state index is 12.2. The second-order valence-corrected chi connectivity index (χ2v) is 9.76. The summed E-state index contributed by atoms with van der Waals surface area (Å²) in [5.41, 5.74) is 0.568. The highest BCUT2D eigenvalue weighted by Gasteiger charge is 2.29. The SMILES string of the molecule is Cn1c(C[C@@H]2CCS(=O)(=O)C2)nnc1SCC(=O)c1cccc(Cl)c1. The molecular formula is C16H18ClN3O3S2. The Kier molecular flexibility index (Phi) is 5.50. The zero-order valence-electron chi connectivity index (χ0n) is 13.7. The number of Topliss-reactive ketones (excluding diaryl/α,β-unsaturated/α-hetero) is 1. The first-order chi connectivity index (χ1) is 11.8. The van der Waals surface area contributed by atoms with Crippen LogP contribution in [0.2, 0.25) is 5.02 Å². The van der Waals surface area contributed by atoms with Crippen LogP contribution in [0.3, 0.4) is 0 Å². The number of carbonyl (C=O) groups is 1. The van der Waals surface area contributed by atoms with Crippen molar-refractivity contribution < 1.29 is 13.2 Å². The van der Waals surface area contributed by atoms with E-state index >= 15 is 0 Å². The van der Waals surface area contributed by atoms with Crippen LogP contribution >= 0.6 is 23.4 Å². The van der Waals surface area contributed by atoms with Gasteiger partial charge in [-0.15, -0.1) is 10.2 Å². The van der Waals surface area contributed by atoms with E-state index in [9.17, 15) is 13.2 Å². The van der Waals surface area contributed by atoms with E-state index in [0.717, 1.165) is 5.82 Å². The van der Waals surface area contributed by atoms with Crippen molar-refractivity contribution in [3.63, 3.8) is 0 Å². The molecule has 1 aliphatic heterocycles. The Bertz CT molecular complexity index is 896. The van der Waals surface area contributed by atoms with E-state index in [1.54, 1.807) is 24.3 Å². The van der Waals surface area contributed by atoms with Gasteiger partial charge in [-0.3, -0.25) is 4.79 Å². The number of carbonyl (C=O) groups excluding carboxylic acids is 1. The van der Waals surface area contributed by atoms with Crippen molar-refractivity contribution in [3.05, 3.63) is 40.7 Å². The van der Waals surface area contributed by atoms with Crippen LogP contribution in [-0.4, -0.2) is 46.2 Å². The smallest absolute Gasteiger partial charge is 0.191 e. The average Bonchev–Trinajstić information content (AvgIpc) is 3.08. The Hall–Kier alpha value is -1.38. The molecule has 0 saturated carbocycles. The van der Waals surface area contributed by atoms with Gasteiger partial charge in [0.1, 0.15) is 5.82 Å². The lowest BCUT2D eigenvalue weighted by Gasteiger charge is -2.07. The summed E-state index contributed by atoms with van der Waals surface area (Å²) in [5.74, 6) is 1.53. The Morgan fingerprint density at radius 1 is 1.40 bits per heavy atom. The molecule has 2 heterocycles. The van der Waals surface area contributed by atoms with E-state index in [1.807, 2.05) is 11.6 Å².